The highest BCUT2D eigenvalue weighted by atomic mass is 16.5. The third kappa shape index (κ3) is 5.61. The molecule has 3 aromatic rings. The second-order valence-electron chi connectivity index (χ2n) is 11.0. The van der Waals surface area contributed by atoms with Crippen molar-refractivity contribution in [2.45, 2.75) is 44.8 Å². The van der Waals surface area contributed by atoms with E-state index in [-0.39, 0.29) is 18.0 Å². The van der Waals surface area contributed by atoms with E-state index in [0.717, 1.165) is 35.6 Å². The van der Waals surface area contributed by atoms with Gasteiger partial charge in [-0.3, -0.25) is 9.69 Å². The van der Waals surface area contributed by atoms with Crippen LogP contribution in [0.2, 0.25) is 0 Å². The Morgan fingerprint density at radius 1 is 1.12 bits per heavy atom. The Balaban J connectivity index is 1.29. The summed E-state index contributed by atoms with van der Waals surface area (Å²) in [5, 5.41) is 3.32. The molecule has 2 aromatic carbocycles. The predicted octanol–water partition coefficient (Wildman–Crippen LogP) is 4.95. The molecule has 3 aliphatic heterocycles. The van der Waals surface area contributed by atoms with Crippen molar-refractivity contribution in [3.8, 4) is 5.75 Å². The molecular formula is C32H37N7O3. The normalized spacial score (nSPS) is 18.6. The van der Waals surface area contributed by atoms with Crippen molar-refractivity contribution in [1.82, 2.24) is 19.8 Å². The van der Waals surface area contributed by atoms with Crippen molar-refractivity contribution in [2.24, 2.45) is 0 Å². The molecule has 3 aliphatic rings. The number of piperidine rings is 1. The fourth-order valence-electron chi connectivity index (χ4n) is 6.09. The van der Waals surface area contributed by atoms with Crippen molar-refractivity contribution < 1.29 is 14.3 Å². The van der Waals surface area contributed by atoms with Crippen molar-refractivity contribution in [3.05, 3.63) is 78.5 Å². The number of urea groups is 1. The molecule has 42 heavy (non-hydrogen) atoms. The fourth-order valence-corrected chi connectivity index (χ4v) is 6.09. The van der Waals surface area contributed by atoms with Gasteiger partial charge in [0.2, 0.25) is 11.9 Å². The van der Waals surface area contributed by atoms with Gasteiger partial charge in [0, 0.05) is 56.2 Å². The first-order valence-electron chi connectivity index (χ1n) is 14.6. The predicted molar refractivity (Wildman–Crippen MR) is 163 cm³/mol. The molecule has 2 saturated heterocycles. The zero-order chi connectivity index (χ0) is 29.1. The summed E-state index contributed by atoms with van der Waals surface area (Å²) in [5.74, 6) is 1.52. The first kappa shape index (κ1) is 27.6. The summed E-state index contributed by atoms with van der Waals surface area (Å²) in [7, 11) is 1.66. The Bertz CT molecular complexity index is 1460. The molecule has 6 rings (SSSR count). The van der Waals surface area contributed by atoms with Crippen LogP contribution in [-0.2, 0) is 17.9 Å². The van der Waals surface area contributed by atoms with Gasteiger partial charge in [-0.2, -0.15) is 4.98 Å². The second kappa shape index (κ2) is 12.1. The lowest BCUT2D eigenvalue weighted by molar-refractivity contribution is -0.125. The van der Waals surface area contributed by atoms with Crippen LogP contribution in [0.5, 0.6) is 5.75 Å². The number of likely N-dealkylation sites (tertiary alicyclic amines) is 1. The lowest BCUT2D eigenvalue weighted by atomic mass is 10.1. The van der Waals surface area contributed by atoms with E-state index < -0.39 is 0 Å². The number of carbonyl (C=O) groups is 2. The van der Waals surface area contributed by atoms with Crippen LogP contribution in [0.1, 0.15) is 36.8 Å². The van der Waals surface area contributed by atoms with Gasteiger partial charge in [0.25, 0.3) is 0 Å². The van der Waals surface area contributed by atoms with Crippen LogP contribution >= 0.6 is 0 Å². The summed E-state index contributed by atoms with van der Waals surface area (Å²) in [6, 6.07) is 15.7. The fraction of sp³-hybridized carbons (Fsp3) is 0.375. The SMILES string of the molecule is C=CC(=O)N1CC[C@H](N2C(=O)N(Cc3ccccc3)Cc3cnc(Nc4ccc(N5CCCCC5)cc4OC)nc32)C1. The number of fused-ring (bicyclic) bond motifs is 1. The highest BCUT2D eigenvalue weighted by Gasteiger charge is 2.40. The van der Waals surface area contributed by atoms with Crippen LogP contribution in [0.4, 0.5) is 27.9 Å². The number of ether oxygens (including phenoxy) is 1. The molecule has 0 spiro atoms. The molecule has 10 nitrogen and oxygen atoms in total. The number of methoxy groups -OCH3 is 1. The number of amides is 3. The molecule has 0 unspecified atom stereocenters. The molecule has 1 atom stereocenters. The largest absolute Gasteiger partial charge is 0.494 e. The van der Waals surface area contributed by atoms with Gasteiger partial charge in [-0.05, 0) is 49.5 Å². The minimum absolute atomic E-state index is 0.127. The van der Waals surface area contributed by atoms with Crippen molar-refractivity contribution in [1.29, 1.82) is 0 Å². The van der Waals surface area contributed by atoms with E-state index >= 15 is 0 Å². The lowest BCUT2D eigenvalue weighted by Crippen LogP contribution is -2.52. The van der Waals surface area contributed by atoms with Crippen LogP contribution in [0.15, 0.2) is 67.4 Å². The average Bonchev–Trinajstić information content (AvgIpc) is 3.52. The van der Waals surface area contributed by atoms with E-state index in [9.17, 15) is 9.59 Å². The standard InChI is InChI=1S/C32H37N7O3/c1-3-29(40)37-17-14-26(22-37)39-30-24(21-38(32(39)41)20-23-10-6-4-7-11-23)19-33-31(35-30)34-27-13-12-25(18-28(27)42-2)36-15-8-5-9-16-36/h3-4,6-7,10-13,18-19,26H,1,5,8-9,14-17,20-22H2,2H3,(H,33,34,35)/t26-/m0/s1. The second-order valence-corrected chi connectivity index (χ2v) is 11.0. The first-order valence-corrected chi connectivity index (χ1v) is 14.6. The van der Waals surface area contributed by atoms with Crippen molar-refractivity contribution >= 4 is 35.1 Å². The molecule has 1 aromatic heterocycles. The number of hydrogen-bond donors (Lipinski definition) is 1. The van der Waals surface area contributed by atoms with Crippen LogP contribution in [-0.4, -0.2) is 71.0 Å². The Hall–Kier alpha value is -4.60. The maximum absolute atomic E-state index is 14.0. The molecule has 3 amide bonds. The zero-order valence-electron chi connectivity index (χ0n) is 24.0. The number of benzene rings is 2. The number of rotatable bonds is 8. The van der Waals surface area contributed by atoms with Crippen LogP contribution in [0, 0.1) is 0 Å². The van der Waals surface area contributed by atoms with Gasteiger partial charge in [-0.25, -0.2) is 9.78 Å². The molecule has 0 saturated carbocycles. The first-order chi connectivity index (χ1) is 20.5. The van der Waals surface area contributed by atoms with Gasteiger partial charge < -0.3 is 24.8 Å². The van der Waals surface area contributed by atoms with Gasteiger partial charge in [0.15, 0.2) is 0 Å². The summed E-state index contributed by atoms with van der Waals surface area (Å²) in [6.45, 7) is 7.58. The molecule has 2 fully saturated rings. The highest BCUT2D eigenvalue weighted by molar-refractivity contribution is 5.95. The van der Waals surface area contributed by atoms with E-state index in [2.05, 4.69) is 27.8 Å². The molecule has 0 radical (unpaired) electrons. The average molecular weight is 568 g/mol. The number of nitrogens with zero attached hydrogens (tertiary/aromatic N) is 6. The maximum Gasteiger partial charge on any atom is 0.326 e. The topological polar surface area (TPSA) is 94.1 Å². The zero-order valence-corrected chi connectivity index (χ0v) is 24.0. The summed E-state index contributed by atoms with van der Waals surface area (Å²) in [4.78, 5) is 43.6. The molecule has 1 N–H and O–H groups in total. The van der Waals surface area contributed by atoms with Crippen LogP contribution < -0.4 is 19.9 Å². The molecule has 0 bridgehead atoms. The van der Waals surface area contributed by atoms with Gasteiger partial charge in [0.1, 0.15) is 11.6 Å². The minimum Gasteiger partial charge on any atom is -0.494 e. The third-order valence-corrected chi connectivity index (χ3v) is 8.29. The van der Waals surface area contributed by atoms with Crippen molar-refractivity contribution in [2.75, 3.05) is 48.4 Å². The van der Waals surface area contributed by atoms with Crippen molar-refractivity contribution in [3.63, 3.8) is 0 Å². The minimum atomic E-state index is -0.208. The Labute approximate surface area is 246 Å². The Morgan fingerprint density at radius 3 is 2.69 bits per heavy atom. The monoisotopic (exact) mass is 567 g/mol. The van der Waals surface area contributed by atoms with E-state index in [4.69, 9.17) is 9.72 Å². The number of carbonyl (C=O) groups excluding carboxylic acids is 2. The number of hydrogen-bond acceptors (Lipinski definition) is 7. The van der Waals surface area contributed by atoms with Crippen LogP contribution in [0.3, 0.4) is 0 Å². The molecule has 218 valence electrons. The van der Waals surface area contributed by atoms with E-state index in [1.165, 1.54) is 25.3 Å². The number of aromatic nitrogens is 2. The third-order valence-electron chi connectivity index (χ3n) is 8.29. The summed E-state index contributed by atoms with van der Waals surface area (Å²) < 4.78 is 5.74. The highest BCUT2D eigenvalue weighted by Crippen LogP contribution is 2.35. The van der Waals surface area contributed by atoms with E-state index in [0.29, 0.717) is 50.1 Å². The summed E-state index contributed by atoms with van der Waals surface area (Å²) in [5.41, 5.74) is 3.79. The Kier molecular flexibility index (Phi) is 7.94. The maximum atomic E-state index is 14.0. The molecule has 10 heteroatoms. The van der Waals surface area contributed by atoms with E-state index in [1.54, 1.807) is 23.1 Å². The van der Waals surface area contributed by atoms with Gasteiger partial charge in [0.05, 0.1) is 25.4 Å². The van der Waals surface area contributed by atoms with Gasteiger partial charge in [-0.15, -0.1) is 0 Å². The molecular weight excluding hydrogens is 530 g/mol. The molecule has 4 heterocycles. The number of anilines is 4. The summed E-state index contributed by atoms with van der Waals surface area (Å²) in [6.07, 6.45) is 7.44. The van der Waals surface area contributed by atoms with Gasteiger partial charge in [-0.1, -0.05) is 36.9 Å². The van der Waals surface area contributed by atoms with Gasteiger partial charge >= 0.3 is 6.03 Å². The summed E-state index contributed by atoms with van der Waals surface area (Å²) >= 11 is 0. The lowest BCUT2D eigenvalue weighted by Gasteiger charge is -2.39. The molecule has 0 aliphatic carbocycles. The Morgan fingerprint density at radius 2 is 1.93 bits per heavy atom. The van der Waals surface area contributed by atoms with Crippen LogP contribution in [0.25, 0.3) is 0 Å². The quantitative estimate of drug-likeness (QED) is 0.385. The number of nitrogens with one attached hydrogen (secondary N) is 1. The van der Waals surface area contributed by atoms with E-state index in [1.807, 2.05) is 47.4 Å². The smallest absolute Gasteiger partial charge is 0.326 e.